The Morgan fingerprint density at radius 1 is 1.40 bits per heavy atom. The van der Waals surface area contributed by atoms with Gasteiger partial charge in [-0.05, 0) is 31.9 Å². The second kappa shape index (κ2) is 5.32. The van der Waals surface area contributed by atoms with E-state index < -0.39 is 0 Å². The van der Waals surface area contributed by atoms with Crippen molar-refractivity contribution in [2.24, 2.45) is 0 Å². The standard InChI is InChI=1S/C14H17ClN4O/c1-2-16-13-6-5-11(15)12(17-13)9-18-7-8-19(14(18)20)10-3-4-10/h5-8,10H,2-4,9H2,1H3,(H,16,17). The molecule has 20 heavy (non-hydrogen) atoms. The van der Waals surface area contributed by atoms with Crippen molar-refractivity contribution in [3.05, 3.63) is 45.7 Å². The lowest BCUT2D eigenvalue weighted by atomic mass is 10.3. The van der Waals surface area contributed by atoms with Gasteiger partial charge in [-0.25, -0.2) is 9.78 Å². The molecule has 0 amide bonds. The zero-order chi connectivity index (χ0) is 14.1. The third kappa shape index (κ3) is 2.58. The Morgan fingerprint density at radius 3 is 2.90 bits per heavy atom. The predicted molar refractivity (Wildman–Crippen MR) is 79.5 cm³/mol. The summed E-state index contributed by atoms with van der Waals surface area (Å²) in [7, 11) is 0. The minimum atomic E-state index is 0.0132. The van der Waals surface area contributed by atoms with E-state index in [1.807, 2.05) is 25.3 Å². The molecule has 6 heteroatoms. The number of imidazole rings is 1. The van der Waals surface area contributed by atoms with Crippen molar-refractivity contribution in [3.8, 4) is 0 Å². The highest BCUT2D eigenvalue weighted by Crippen LogP contribution is 2.33. The monoisotopic (exact) mass is 292 g/mol. The van der Waals surface area contributed by atoms with Crippen LogP contribution in [0.3, 0.4) is 0 Å². The van der Waals surface area contributed by atoms with Gasteiger partial charge < -0.3 is 5.32 Å². The molecule has 106 valence electrons. The van der Waals surface area contributed by atoms with Crippen LogP contribution in [0.4, 0.5) is 5.82 Å². The molecule has 5 nitrogen and oxygen atoms in total. The van der Waals surface area contributed by atoms with Crippen molar-refractivity contribution in [3.63, 3.8) is 0 Å². The molecule has 0 atom stereocenters. The van der Waals surface area contributed by atoms with E-state index in [0.29, 0.717) is 23.3 Å². The highest BCUT2D eigenvalue weighted by molar-refractivity contribution is 6.31. The zero-order valence-electron chi connectivity index (χ0n) is 11.3. The first kappa shape index (κ1) is 13.2. The van der Waals surface area contributed by atoms with Crippen molar-refractivity contribution < 1.29 is 0 Å². The fourth-order valence-electron chi connectivity index (χ4n) is 2.22. The van der Waals surface area contributed by atoms with Crippen molar-refractivity contribution in [2.45, 2.75) is 32.4 Å². The fourth-order valence-corrected chi connectivity index (χ4v) is 2.38. The summed E-state index contributed by atoms with van der Waals surface area (Å²) < 4.78 is 3.45. The van der Waals surface area contributed by atoms with Gasteiger partial charge in [-0.2, -0.15) is 0 Å². The Labute approximate surface area is 122 Å². The van der Waals surface area contributed by atoms with Crippen LogP contribution in [-0.4, -0.2) is 20.7 Å². The molecular weight excluding hydrogens is 276 g/mol. The molecular formula is C14H17ClN4O. The van der Waals surface area contributed by atoms with Crippen molar-refractivity contribution in [2.75, 3.05) is 11.9 Å². The second-order valence-electron chi connectivity index (χ2n) is 5.00. The normalized spacial score (nSPS) is 14.5. The maximum Gasteiger partial charge on any atom is 0.328 e. The summed E-state index contributed by atoms with van der Waals surface area (Å²) in [6.45, 7) is 3.21. The molecule has 0 aromatic carbocycles. The second-order valence-corrected chi connectivity index (χ2v) is 5.41. The smallest absolute Gasteiger partial charge is 0.328 e. The van der Waals surface area contributed by atoms with Gasteiger partial charge in [-0.1, -0.05) is 11.6 Å². The van der Waals surface area contributed by atoms with Crippen LogP contribution in [0, 0.1) is 0 Å². The quantitative estimate of drug-likeness (QED) is 0.921. The molecule has 1 saturated carbocycles. The molecule has 3 rings (SSSR count). The maximum absolute atomic E-state index is 12.2. The van der Waals surface area contributed by atoms with Gasteiger partial charge in [0.2, 0.25) is 0 Å². The molecule has 1 N–H and O–H groups in total. The Bertz CT molecular complexity index is 672. The van der Waals surface area contributed by atoms with Crippen LogP contribution in [-0.2, 0) is 6.54 Å². The molecule has 0 radical (unpaired) electrons. The van der Waals surface area contributed by atoms with Gasteiger partial charge in [-0.3, -0.25) is 9.13 Å². The molecule has 1 aliphatic carbocycles. The fraction of sp³-hybridized carbons (Fsp3) is 0.429. The molecule has 2 aromatic rings. The van der Waals surface area contributed by atoms with Crippen LogP contribution in [0.5, 0.6) is 0 Å². The van der Waals surface area contributed by atoms with E-state index in [-0.39, 0.29) is 5.69 Å². The van der Waals surface area contributed by atoms with Crippen LogP contribution in [0.15, 0.2) is 29.3 Å². The van der Waals surface area contributed by atoms with Crippen molar-refractivity contribution in [1.29, 1.82) is 0 Å². The molecule has 1 aliphatic rings. The van der Waals surface area contributed by atoms with Gasteiger partial charge in [-0.15, -0.1) is 0 Å². The van der Waals surface area contributed by atoms with E-state index in [4.69, 9.17) is 11.6 Å². The summed E-state index contributed by atoms with van der Waals surface area (Å²) >= 11 is 6.17. The summed E-state index contributed by atoms with van der Waals surface area (Å²) in [6, 6.07) is 4.04. The van der Waals surface area contributed by atoms with Gasteiger partial charge >= 0.3 is 5.69 Å². The Morgan fingerprint density at radius 2 is 2.20 bits per heavy atom. The molecule has 2 aromatic heterocycles. The molecule has 0 bridgehead atoms. The van der Waals surface area contributed by atoms with Crippen molar-refractivity contribution >= 4 is 17.4 Å². The number of aromatic nitrogens is 3. The molecule has 2 heterocycles. The number of hydrogen-bond acceptors (Lipinski definition) is 3. The lowest BCUT2D eigenvalue weighted by Gasteiger charge is -2.08. The largest absolute Gasteiger partial charge is 0.370 e. The molecule has 0 saturated heterocycles. The van der Waals surface area contributed by atoms with Gasteiger partial charge in [0.1, 0.15) is 5.82 Å². The van der Waals surface area contributed by atoms with Gasteiger partial charge in [0, 0.05) is 25.0 Å². The summed E-state index contributed by atoms with van der Waals surface area (Å²) in [4.78, 5) is 16.7. The highest BCUT2D eigenvalue weighted by atomic mass is 35.5. The number of rotatable bonds is 5. The minimum absolute atomic E-state index is 0.0132. The lowest BCUT2D eigenvalue weighted by Crippen LogP contribution is -2.24. The highest BCUT2D eigenvalue weighted by Gasteiger charge is 2.25. The van der Waals surface area contributed by atoms with E-state index in [1.165, 1.54) is 0 Å². The summed E-state index contributed by atoms with van der Waals surface area (Å²) in [5, 5.41) is 3.73. The number of halogens is 1. The predicted octanol–water partition coefficient (Wildman–Crippen LogP) is 2.51. The number of nitrogens with zero attached hydrogens (tertiary/aromatic N) is 3. The molecule has 0 unspecified atom stereocenters. The SMILES string of the molecule is CCNc1ccc(Cl)c(Cn2ccn(C3CC3)c2=O)n1. The Balaban J connectivity index is 1.86. The minimum Gasteiger partial charge on any atom is -0.370 e. The zero-order valence-corrected chi connectivity index (χ0v) is 12.1. The number of hydrogen-bond donors (Lipinski definition) is 1. The van der Waals surface area contributed by atoms with E-state index in [0.717, 1.165) is 25.2 Å². The van der Waals surface area contributed by atoms with Gasteiger partial charge in [0.25, 0.3) is 0 Å². The molecule has 0 aliphatic heterocycles. The number of nitrogens with one attached hydrogen (secondary N) is 1. The van der Waals surface area contributed by atoms with Crippen LogP contribution in [0.25, 0.3) is 0 Å². The Hall–Kier alpha value is -1.75. The van der Waals surface area contributed by atoms with Crippen LogP contribution >= 0.6 is 11.6 Å². The number of pyridine rings is 1. The first-order chi connectivity index (χ1) is 9.69. The average Bonchev–Trinajstić information content (AvgIpc) is 3.20. The van der Waals surface area contributed by atoms with Crippen molar-refractivity contribution in [1.82, 2.24) is 14.1 Å². The third-order valence-corrected chi connectivity index (χ3v) is 3.75. The summed E-state index contributed by atoms with van der Waals surface area (Å²) in [6.07, 6.45) is 5.85. The van der Waals surface area contributed by atoms with E-state index >= 15 is 0 Å². The van der Waals surface area contributed by atoms with E-state index in [2.05, 4.69) is 10.3 Å². The maximum atomic E-state index is 12.2. The van der Waals surface area contributed by atoms with Crippen LogP contribution in [0.2, 0.25) is 5.02 Å². The topological polar surface area (TPSA) is 51.9 Å². The molecule has 1 fully saturated rings. The van der Waals surface area contributed by atoms with Crippen LogP contribution < -0.4 is 11.0 Å². The van der Waals surface area contributed by atoms with E-state index in [1.54, 1.807) is 15.3 Å². The van der Waals surface area contributed by atoms with Gasteiger partial charge in [0.05, 0.1) is 17.3 Å². The van der Waals surface area contributed by atoms with Crippen LogP contribution in [0.1, 0.15) is 31.5 Å². The summed E-state index contributed by atoms with van der Waals surface area (Å²) in [5.41, 5.74) is 0.722. The number of anilines is 1. The molecule has 0 spiro atoms. The lowest BCUT2D eigenvalue weighted by molar-refractivity contribution is 0.651. The first-order valence-electron chi connectivity index (χ1n) is 6.85. The van der Waals surface area contributed by atoms with E-state index in [9.17, 15) is 4.79 Å². The van der Waals surface area contributed by atoms with Gasteiger partial charge in [0.15, 0.2) is 0 Å². The Kier molecular flexibility index (Phi) is 3.53. The first-order valence-corrected chi connectivity index (χ1v) is 7.23. The average molecular weight is 293 g/mol. The summed E-state index contributed by atoms with van der Waals surface area (Å²) in [5.74, 6) is 0.779. The third-order valence-electron chi connectivity index (χ3n) is 3.41.